The Morgan fingerprint density at radius 2 is 1.44 bits per heavy atom. The average Bonchev–Trinajstić information content (AvgIpc) is 2.85. The first kappa shape index (κ1) is 25.5. The van der Waals surface area contributed by atoms with E-state index in [2.05, 4.69) is 65.8 Å². The zero-order chi connectivity index (χ0) is 23.3. The Bertz CT molecular complexity index is 781. The van der Waals surface area contributed by atoms with E-state index in [1.54, 1.807) is 16.0 Å². The summed E-state index contributed by atoms with van der Waals surface area (Å²) in [5, 5.41) is 0. The highest BCUT2D eigenvalue weighted by atomic mass is 15.1. The SMILES string of the molecule is C1=CCCCCCCC2CN3CCC=CC=CCCCCC4=C[NH+](CCC=C1)CC(=C4)C2CC3. The number of allylic oxidation sites excluding steroid dienone is 8. The summed E-state index contributed by atoms with van der Waals surface area (Å²) in [4.78, 5) is 4.46. The lowest BCUT2D eigenvalue weighted by molar-refractivity contribution is -0.842. The van der Waals surface area contributed by atoms with E-state index in [-0.39, 0.29) is 0 Å². The Morgan fingerprint density at radius 1 is 0.706 bits per heavy atom. The van der Waals surface area contributed by atoms with Crippen molar-refractivity contribution in [2.75, 3.05) is 32.7 Å². The molecule has 5 aliphatic rings. The summed E-state index contributed by atoms with van der Waals surface area (Å²) in [6, 6.07) is 0. The molecule has 5 heterocycles. The maximum atomic E-state index is 2.77. The van der Waals surface area contributed by atoms with Gasteiger partial charge in [-0.1, -0.05) is 67.9 Å². The largest absolute Gasteiger partial charge is 0.305 e. The second-order valence-corrected chi connectivity index (χ2v) is 11.0. The Hall–Kier alpha value is -1.64. The van der Waals surface area contributed by atoms with Crippen molar-refractivity contribution in [2.45, 2.75) is 83.5 Å². The number of nitrogens with one attached hydrogen (secondary N) is 1. The predicted molar refractivity (Wildman–Crippen MR) is 147 cm³/mol. The Labute approximate surface area is 209 Å². The second-order valence-electron chi connectivity index (χ2n) is 11.0. The van der Waals surface area contributed by atoms with Gasteiger partial charge in [-0.3, -0.25) is 0 Å². The molecular weight excluding hydrogens is 412 g/mol. The average molecular weight is 462 g/mol. The zero-order valence-corrected chi connectivity index (χ0v) is 21.6. The second kappa shape index (κ2) is 14.7. The van der Waals surface area contributed by atoms with Crippen molar-refractivity contribution in [3.8, 4) is 0 Å². The third-order valence-corrected chi connectivity index (χ3v) is 8.28. The zero-order valence-electron chi connectivity index (χ0n) is 21.6. The first-order chi connectivity index (χ1) is 16.9. The quantitative estimate of drug-likeness (QED) is 0.429. The number of hydrogen-bond acceptors (Lipinski definition) is 1. The van der Waals surface area contributed by atoms with Gasteiger partial charge in [0.05, 0.1) is 12.7 Å². The summed E-state index contributed by atoms with van der Waals surface area (Å²) in [5.74, 6) is 1.64. The van der Waals surface area contributed by atoms with E-state index in [1.165, 1.54) is 116 Å². The van der Waals surface area contributed by atoms with Crippen LogP contribution in [0.3, 0.4) is 0 Å². The van der Waals surface area contributed by atoms with Gasteiger partial charge in [-0.05, 0) is 87.8 Å². The van der Waals surface area contributed by atoms with Gasteiger partial charge in [-0.25, -0.2) is 0 Å². The highest BCUT2D eigenvalue weighted by molar-refractivity contribution is 5.27. The van der Waals surface area contributed by atoms with Crippen LogP contribution in [0.1, 0.15) is 83.5 Å². The smallest absolute Gasteiger partial charge is 0.104 e. The van der Waals surface area contributed by atoms with Gasteiger partial charge in [0.2, 0.25) is 0 Å². The van der Waals surface area contributed by atoms with Crippen LogP contribution in [0, 0.1) is 11.8 Å². The molecule has 6 bridgehead atoms. The van der Waals surface area contributed by atoms with E-state index in [4.69, 9.17) is 0 Å². The van der Waals surface area contributed by atoms with E-state index in [0.29, 0.717) is 0 Å². The van der Waals surface area contributed by atoms with E-state index in [9.17, 15) is 0 Å². The predicted octanol–water partition coefficient (Wildman–Crippen LogP) is 6.57. The molecule has 34 heavy (non-hydrogen) atoms. The molecule has 4 unspecified atom stereocenters. The molecule has 2 heteroatoms. The minimum Gasteiger partial charge on any atom is -0.305 e. The molecule has 2 nitrogen and oxygen atoms in total. The van der Waals surface area contributed by atoms with Gasteiger partial charge < -0.3 is 9.80 Å². The van der Waals surface area contributed by atoms with E-state index in [1.807, 2.05) is 0 Å². The van der Waals surface area contributed by atoms with Gasteiger partial charge in [0.15, 0.2) is 0 Å². The molecule has 0 aromatic carbocycles. The van der Waals surface area contributed by atoms with Crippen molar-refractivity contribution in [1.29, 1.82) is 0 Å². The van der Waals surface area contributed by atoms with Gasteiger partial charge in [0, 0.05) is 25.1 Å². The lowest BCUT2D eigenvalue weighted by atomic mass is 9.76. The van der Waals surface area contributed by atoms with Crippen molar-refractivity contribution in [1.82, 2.24) is 4.90 Å². The van der Waals surface area contributed by atoms with Gasteiger partial charge in [-0.15, -0.1) is 0 Å². The Morgan fingerprint density at radius 3 is 2.29 bits per heavy atom. The molecule has 0 spiro atoms. The molecule has 0 aromatic heterocycles. The van der Waals surface area contributed by atoms with Crippen LogP contribution in [-0.2, 0) is 0 Å². The molecule has 5 aliphatic heterocycles. The van der Waals surface area contributed by atoms with Gasteiger partial charge in [0.25, 0.3) is 0 Å². The Balaban J connectivity index is 1.55. The molecule has 5 rings (SSSR count). The standard InChI is InChI=1S/C32H48N2/c1-2-5-10-14-18-23-34-26-29-19-15-11-7-4-6-9-13-17-22-33-24-21-32(31(25-29)28-34)30(27-33)20-16-12-8-3-1/h2,4-6,9-10,13-14,25-26,30,32H,1,3,7-8,11-12,15-24,27-28H2/p+1. The fourth-order valence-corrected chi connectivity index (χ4v) is 6.38. The molecule has 186 valence electrons. The van der Waals surface area contributed by atoms with Crippen LogP contribution in [0.5, 0.6) is 0 Å². The highest BCUT2D eigenvalue weighted by Crippen LogP contribution is 2.35. The lowest BCUT2D eigenvalue weighted by Crippen LogP contribution is -3.08. The summed E-state index contributed by atoms with van der Waals surface area (Å²) < 4.78 is 0. The first-order valence-corrected chi connectivity index (χ1v) is 14.5. The number of fused-ring (bicyclic) bond motifs is 9. The van der Waals surface area contributed by atoms with Gasteiger partial charge >= 0.3 is 0 Å². The van der Waals surface area contributed by atoms with Crippen LogP contribution in [0.25, 0.3) is 0 Å². The molecule has 0 aliphatic carbocycles. The minimum absolute atomic E-state index is 0.802. The van der Waals surface area contributed by atoms with Crippen LogP contribution < -0.4 is 4.90 Å². The van der Waals surface area contributed by atoms with Crippen LogP contribution in [0.4, 0.5) is 0 Å². The van der Waals surface area contributed by atoms with E-state index >= 15 is 0 Å². The summed E-state index contributed by atoms with van der Waals surface area (Å²) in [7, 11) is 0. The number of quaternary nitrogens is 1. The van der Waals surface area contributed by atoms with Gasteiger partial charge in [0.1, 0.15) is 6.54 Å². The molecule has 4 atom stereocenters. The number of nitrogens with zero attached hydrogens (tertiary/aromatic N) is 1. The molecule has 0 saturated carbocycles. The summed E-state index contributed by atoms with van der Waals surface area (Å²) >= 11 is 0. The number of piperidine rings is 1. The molecular formula is C32H49N2+. The molecule has 1 N–H and O–H groups in total. The molecule has 1 saturated heterocycles. The summed E-state index contributed by atoms with van der Waals surface area (Å²) in [5.41, 5.74) is 3.40. The van der Waals surface area contributed by atoms with Crippen LogP contribution in [-0.4, -0.2) is 37.6 Å². The molecule has 0 aromatic rings. The fourth-order valence-electron chi connectivity index (χ4n) is 6.38. The Kier molecular flexibility index (Phi) is 11.0. The number of rotatable bonds is 0. The molecule has 0 radical (unpaired) electrons. The normalized spacial score (nSPS) is 32.2. The number of hydrogen-bond donors (Lipinski definition) is 1. The molecule has 1 fully saturated rings. The van der Waals surface area contributed by atoms with Crippen molar-refractivity contribution in [3.05, 3.63) is 72.0 Å². The fraction of sp³-hybridized carbons (Fsp3) is 0.625. The van der Waals surface area contributed by atoms with Gasteiger partial charge in [-0.2, -0.15) is 0 Å². The van der Waals surface area contributed by atoms with Crippen molar-refractivity contribution in [3.63, 3.8) is 0 Å². The maximum Gasteiger partial charge on any atom is 0.104 e. The van der Waals surface area contributed by atoms with E-state index in [0.717, 1.165) is 11.8 Å². The van der Waals surface area contributed by atoms with Crippen LogP contribution in [0.15, 0.2) is 72.0 Å². The monoisotopic (exact) mass is 461 g/mol. The van der Waals surface area contributed by atoms with Crippen molar-refractivity contribution in [2.24, 2.45) is 11.8 Å². The third kappa shape index (κ3) is 8.54. The van der Waals surface area contributed by atoms with Crippen LogP contribution in [0.2, 0.25) is 0 Å². The topological polar surface area (TPSA) is 7.68 Å². The lowest BCUT2D eigenvalue weighted by Gasteiger charge is -2.41. The minimum atomic E-state index is 0.802. The maximum absolute atomic E-state index is 2.77. The summed E-state index contributed by atoms with van der Waals surface area (Å²) in [6.45, 7) is 6.28. The molecule has 0 amide bonds. The van der Waals surface area contributed by atoms with E-state index < -0.39 is 0 Å². The third-order valence-electron chi connectivity index (χ3n) is 8.28. The van der Waals surface area contributed by atoms with Crippen LogP contribution >= 0.6 is 0 Å². The van der Waals surface area contributed by atoms with Crippen molar-refractivity contribution >= 4 is 0 Å². The first-order valence-electron chi connectivity index (χ1n) is 14.5. The summed E-state index contributed by atoms with van der Waals surface area (Å²) in [6.07, 6.45) is 40.9. The highest BCUT2D eigenvalue weighted by Gasteiger charge is 2.33. The van der Waals surface area contributed by atoms with Crippen molar-refractivity contribution < 1.29 is 4.90 Å².